The Morgan fingerprint density at radius 1 is 1.19 bits per heavy atom. The Hall–Kier alpha value is -0.510. The van der Waals surface area contributed by atoms with E-state index in [9.17, 15) is 0 Å². The Balaban J connectivity index is 0.000000640. The zero-order valence-corrected chi connectivity index (χ0v) is 10.7. The number of halogens is 2. The van der Waals surface area contributed by atoms with Crippen LogP contribution >= 0.6 is 24.8 Å². The van der Waals surface area contributed by atoms with Gasteiger partial charge in [0.05, 0.1) is 11.9 Å². The van der Waals surface area contributed by atoms with E-state index in [1.807, 2.05) is 18.5 Å². The van der Waals surface area contributed by atoms with Crippen molar-refractivity contribution in [3.05, 3.63) is 24.5 Å². The standard InChI is InChI=1S/C11H15N3.2ClH/c1-2-10(8-12-4-1)14-7-6-13-5-3-11(14)9-13;;/h1-2,4,8,11H,3,5-7,9H2;2*1H. The maximum atomic E-state index is 4.19. The van der Waals surface area contributed by atoms with E-state index in [0.29, 0.717) is 0 Å². The van der Waals surface area contributed by atoms with E-state index in [0.717, 1.165) is 12.6 Å². The van der Waals surface area contributed by atoms with Crippen molar-refractivity contribution in [3.8, 4) is 0 Å². The molecule has 0 amide bonds. The molecule has 2 saturated heterocycles. The second kappa shape index (κ2) is 5.71. The van der Waals surface area contributed by atoms with Crippen molar-refractivity contribution < 1.29 is 0 Å². The van der Waals surface area contributed by atoms with Gasteiger partial charge in [0.2, 0.25) is 0 Å². The molecule has 2 fully saturated rings. The fraction of sp³-hybridized carbons (Fsp3) is 0.545. The molecule has 3 rings (SSSR count). The largest absolute Gasteiger partial charge is 0.365 e. The molecule has 5 heteroatoms. The van der Waals surface area contributed by atoms with Crippen molar-refractivity contribution in [1.82, 2.24) is 9.88 Å². The molecule has 3 heterocycles. The third kappa shape index (κ3) is 2.42. The maximum absolute atomic E-state index is 4.19. The number of pyridine rings is 1. The van der Waals surface area contributed by atoms with E-state index in [-0.39, 0.29) is 24.8 Å². The van der Waals surface area contributed by atoms with Crippen molar-refractivity contribution in [3.63, 3.8) is 0 Å². The van der Waals surface area contributed by atoms with E-state index in [4.69, 9.17) is 0 Å². The van der Waals surface area contributed by atoms with Crippen LogP contribution in [0.4, 0.5) is 5.69 Å². The number of piperazine rings is 1. The molecule has 0 aliphatic carbocycles. The van der Waals surface area contributed by atoms with Crippen LogP contribution < -0.4 is 4.90 Å². The van der Waals surface area contributed by atoms with Crippen LogP contribution in [-0.4, -0.2) is 42.1 Å². The van der Waals surface area contributed by atoms with Gasteiger partial charge in [-0.15, -0.1) is 24.8 Å². The van der Waals surface area contributed by atoms with Crippen LogP contribution in [0.1, 0.15) is 6.42 Å². The molecule has 0 N–H and O–H groups in total. The molecule has 2 atom stereocenters. The first-order chi connectivity index (χ1) is 6.93. The number of nitrogens with zero attached hydrogens (tertiary/aromatic N) is 3. The van der Waals surface area contributed by atoms with Crippen molar-refractivity contribution in [2.75, 3.05) is 31.1 Å². The number of rotatable bonds is 1. The summed E-state index contributed by atoms with van der Waals surface area (Å²) in [6.07, 6.45) is 5.14. The molecule has 0 radical (unpaired) electrons. The Bertz CT molecular complexity index is 320. The molecule has 2 unspecified atom stereocenters. The third-order valence-electron chi connectivity index (χ3n) is 3.32. The first-order valence-corrected chi connectivity index (χ1v) is 5.32. The summed E-state index contributed by atoms with van der Waals surface area (Å²) in [5, 5.41) is 0. The summed E-state index contributed by atoms with van der Waals surface area (Å²) in [6.45, 7) is 4.90. The van der Waals surface area contributed by atoms with Gasteiger partial charge in [-0.2, -0.15) is 0 Å². The Kier molecular flexibility index (Phi) is 4.84. The van der Waals surface area contributed by atoms with Crippen LogP contribution in [-0.2, 0) is 0 Å². The average Bonchev–Trinajstić information content (AvgIpc) is 2.62. The van der Waals surface area contributed by atoms with E-state index in [1.54, 1.807) is 0 Å². The molecular weight excluding hydrogens is 245 g/mol. The predicted octanol–water partition coefficient (Wildman–Crippen LogP) is 1.82. The second-order valence-corrected chi connectivity index (χ2v) is 4.15. The summed E-state index contributed by atoms with van der Waals surface area (Å²) in [4.78, 5) is 9.25. The zero-order chi connectivity index (χ0) is 9.38. The summed E-state index contributed by atoms with van der Waals surface area (Å²) in [6, 6.07) is 4.92. The van der Waals surface area contributed by atoms with Gasteiger partial charge in [0.1, 0.15) is 0 Å². The van der Waals surface area contributed by atoms with E-state index in [2.05, 4.69) is 20.9 Å². The minimum Gasteiger partial charge on any atom is -0.365 e. The number of hydrogen-bond donors (Lipinski definition) is 0. The molecular formula is C11H17Cl2N3. The van der Waals surface area contributed by atoms with E-state index < -0.39 is 0 Å². The summed E-state index contributed by atoms with van der Waals surface area (Å²) in [5.41, 5.74) is 1.29. The van der Waals surface area contributed by atoms with Gasteiger partial charge < -0.3 is 4.90 Å². The third-order valence-corrected chi connectivity index (χ3v) is 3.32. The molecule has 2 aliphatic heterocycles. The van der Waals surface area contributed by atoms with Gasteiger partial charge in [0, 0.05) is 38.4 Å². The van der Waals surface area contributed by atoms with Crippen molar-refractivity contribution >= 4 is 30.5 Å². The lowest BCUT2D eigenvalue weighted by atomic mass is 10.2. The first kappa shape index (κ1) is 13.6. The minimum absolute atomic E-state index is 0. The van der Waals surface area contributed by atoms with Crippen LogP contribution in [0.25, 0.3) is 0 Å². The van der Waals surface area contributed by atoms with E-state index in [1.165, 1.54) is 31.7 Å². The number of fused-ring (bicyclic) bond motifs is 2. The number of hydrogen-bond acceptors (Lipinski definition) is 3. The van der Waals surface area contributed by atoms with E-state index >= 15 is 0 Å². The van der Waals surface area contributed by atoms with Crippen LogP contribution in [0.15, 0.2) is 24.5 Å². The fourth-order valence-electron chi connectivity index (χ4n) is 2.56. The van der Waals surface area contributed by atoms with Crippen molar-refractivity contribution in [2.24, 2.45) is 0 Å². The van der Waals surface area contributed by atoms with Gasteiger partial charge >= 0.3 is 0 Å². The monoisotopic (exact) mass is 261 g/mol. The van der Waals surface area contributed by atoms with Gasteiger partial charge in [0.15, 0.2) is 0 Å². The summed E-state index contributed by atoms with van der Waals surface area (Å²) < 4.78 is 0. The molecule has 90 valence electrons. The Morgan fingerprint density at radius 3 is 2.81 bits per heavy atom. The smallest absolute Gasteiger partial charge is 0.0556 e. The van der Waals surface area contributed by atoms with Crippen LogP contribution in [0.2, 0.25) is 0 Å². The van der Waals surface area contributed by atoms with Gasteiger partial charge in [-0.3, -0.25) is 9.88 Å². The lowest BCUT2D eigenvalue weighted by Gasteiger charge is -2.35. The first-order valence-electron chi connectivity index (χ1n) is 5.32. The Labute approximate surface area is 109 Å². The minimum atomic E-state index is 0. The highest BCUT2D eigenvalue weighted by molar-refractivity contribution is 5.85. The topological polar surface area (TPSA) is 19.4 Å². The van der Waals surface area contributed by atoms with Crippen LogP contribution in [0.5, 0.6) is 0 Å². The lowest BCUT2D eigenvalue weighted by molar-refractivity contribution is 0.310. The summed E-state index contributed by atoms with van der Waals surface area (Å²) >= 11 is 0. The quantitative estimate of drug-likeness (QED) is 0.769. The van der Waals surface area contributed by atoms with Gasteiger partial charge in [-0.1, -0.05) is 0 Å². The van der Waals surface area contributed by atoms with Gasteiger partial charge in [-0.05, 0) is 18.6 Å². The molecule has 2 bridgehead atoms. The van der Waals surface area contributed by atoms with Gasteiger partial charge in [-0.25, -0.2) is 0 Å². The molecule has 1 aromatic rings. The summed E-state index contributed by atoms with van der Waals surface area (Å²) in [7, 11) is 0. The molecule has 1 aromatic heterocycles. The van der Waals surface area contributed by atoms with Gasteiger partial charge in [0.25, 0.3) is 0 Å². The highest BCUT2D eigenvalue weighted by Crippen LogP contribution is 2.25. The normalized spacial score (nSPS) is 26.9. The SMILES string of the molecule is Cl.Cl.c1cncc(N2CCN3CCC2C3)c1. The van der Waals surface area contributed by atoms with Crippen LogP contribution in [0, 0.1) is 0 Å². The fourth-order valence-corrected chi connectivity index (χ4v) is 2.56. The molecule has 3 nitrogen and oxygen atoms in total. The number of aromatic nitrogens is 1. The van der Waals surface area contributed by atoms with Crippen molar-refractivity contribution in [2.45, 2.75) is 12.5 Å². The lowest BCUT2D eigenvalue weighted by Crippen LogP contribution is -2.46. The summed E-state index contributed by atoms with van der Waals surface area (Å²) in [5.74, 6) is 0. The molecule has 16 heavy (non-hydrogen) atoms. The maximum Gasteiger partial charge on any atom is 0.0556 e. The zero-order valence-electron chi connectivity index (χ0n) is 9.08. The highest BCUT2D eigenvalue weighted by atomic mass is 35.5. The molecule has 0 saturated carbocycles. The number of anilines is 1. The molecule has 0 spiro atoms. The van der Waals surface area contributed by atoms with Crippen molar-refractivity contribution in [1.29, 1.82) is 0 Å². The highest BCUT2D eigenvalue weighted by Gasteiger charge is 2.32. The average molecular weight is 262 g/mol. The molecule has 2 aliphatic rings. The molecule has 0 aromatic carbocycles. The Morgan fingerprint density at radius 2 is 2.06 bits per heavy atom. The van der Waals surface area contributed by atoms with Crippen LogP contribution in [0.3, 0.4) is 0 Å². The predicted molar refractivity (Wildman–Crippen MR) is 70.9 cm³/mol. The second-order valence-electron chi connectivity index (χ2n) is 4.15.